The van der Waals surface area contributed by atoms with Gasteiger partial charge in [-0.25, -0.2) is 4.68 Å². The van der Waals surface area contributed by atoms with Crippen LogP contribution in [-0.4, -0.2) is 50.4 Å². The van der Waals surface area contributed by atoms with Crippen molar-refractivity contribution in [2.75, 3.05) is 20.3 Å². The van der Waals surface area contributed by atoms with Gasteiger partial charge < -0.3 is 19.2 Å². The maximum atomic E-state index is 13.4. The summed E-state index contributed by atoms with van der Waals surface area (Å²) in [6.07, 6.45) is 5.34. The van der Waals surface area contributed by atoms with Crippen molar-refractivity contribution in [3.05, 3.63) is 69.8 Å². The standard InChI is InChI=1S/C29H34N6O4/c1-3-24(28-31-32-33-35(28)22-9-5-6-10-22)34(17-19-8-4-7-11-25(19)37-2)18-21-14-20-15-26-27(39-13-12-38-26)16-23(20)30-29(21)36/h4,7-8,11,14-16,22,24H,3,5-6,9-10,12-13,17-18H2,1-2H3,(H,30,36)/t24-/m1/s1. The number of nitrogens with one attached hydrogen (secondary N) is 1. The summed E-state index contributed by atoms with van der Waals surface area (Å²) in [5.74, 6) is 3.00. The number of hydrogen-bond acceptors (Lipinski definition) is 8. The Balaban J connectivity index is 1.39. The molecule has 4 aromatic rings. The second kappa shape index (κ2) is 11.1. The summed E-state index contributed by atoms with van der Waals surface area (Å²) in [6.45, 7) is 4.13. The molecule has 2 aromatic heterocycles. The van der Waals surface area contributed by atoms with E-state index >= 15 is 0 Å². The van der Waals surface area contributed by atoms with Crippen LogP contribution in [0.4, 0.5) is 0 Å². The van der Waals surface area contributed by atoms with Gasteiger partial charge in [0, 0.05) is 35.7 Å². The summed E-state index contributed by atoms with van der Waals surface area (Å²) in [6, 6.07) is 13.9. The molecule has 2 aliphatic rings. The van der Waals surface area contributed by atoms with Crippen LogP contribution < -0.4 is 19.8 Å². The molecule has 1 saturated carbocycles. The van der Waals surface area contributed by atoms with Gasteiger partial charge in [-0.1, -0.05) is 38.0 Å². The quantitative estimate of drug-likeness (QED) is 0.336. The minimum absolute atomic E-state index is 0.0964. The van der Waals surface area contributed by atoms with Gasteiger partial charge in [0.1, 0.15) is 19.0 Å². The smallest absolute Gasteiger partial charge is 0.252 e. The number of aromatic nitrogens is 5. The van der Waals surface area contributed by atoms with Crippen molar-refractivity contribution in [3.8, 4) is 17.2 Å². The lowest BCUT2D eigenvalue weighted by atomic mass is 10.1. The summed E-state index contributed by atoms with van der Waals surface area (Å²) in [5, 5.41) is 13.9. The third-order valence-electron chi connectivity index (χ3n) is 7.84. The van der Waals surface area contributed by atoms with Gasteiger partial charge >= 0.3 is 0 Å². The lowest BCUT2D eigenvalue weighted by Crippen LogP contribution is -2.33. The van der Waals surface area contributed by atoms with Crippen LogP contribution in [0.2, 0.25) is 0 Å². The monoisotopic (exact) mass is 530 g/mol. The van der Waals surface area contributed by atoms with Crippen LogP contribution in [0.1, 0.15) is 68.1 Å². The first-order chi connectivity index (χ1) is 19.1. The molecular formula is C29H34N6O4. The fourth-order valence-electron chi connectivity index (χ4n) is 5.89. The molecule has 6 rings (SSSR count). The molecule has 39 heavy (non-hydrogen) atoms. The SMILES string of the molecule is CC[C@H](c1nnnn1C1CCCC1)N(Cc1ccccc1OC)Cc1cc2cc3c(cc2[nH]c1=O)OCCO3. The predicted octanol–water partition coefficient (Wildman–Crippen LogP) is 4.56. The number of hydrogen-bond donors (Lipinski definition) is 1. The van der Waals surface area contributed by atoms with Crippen molar-refractivity contribution in [2.45, 2.75) is 64.2 Å². The third kappa shape index (κ3) is 5.08. The molecule has 3 heterocycles. The molecule has 0 saturated heterocycles. The molecule has 0 bridgehead atoms. The average Bonchev–Trinajstić information content (AvgIpc) is 3.66. The molecule has 0 amide bonds. The van der Waals surface area contributed by atoms with Crippen LogP contribution in [0.3, 0.4) is 0 Å². The molecule has 10 nitrogen and oxygen atoms in total. The summed E-state index contributed by atoms with van der Waals surface area (Å²) < 4.78 is 19.2. The van der Waals surface area contributed by atoms with E-state index in [0.29, 0.717) is 49.4 Å². The minimum Gasteiger partial charge on any atom is -0.496 e. The number of fused-ring (bicyclic) bond motifs is 2. The molecule has 0 spiro atoms. The number of methoxy groups -OCH3 is 1. The number of aromatic amines is 1. The fraction of sp³-hybridized carbons (Fsp3) is 0.448. The van der Waals surface area contributed by atoms with E-state index in [2.05, 4.69) is 38.4 Å². The van der Waals surface area contributed by atoms with Gasteiger partial charge in [-0.05, 0) is 47.9 Å². The van der Waals surface area contributed by atoms with E-state index in [-0.39, 0.29) is 11.6 Å². The maximum Gasteiger partial charge on any atom is 0.252 e. The number of benzene rings is 2. The highest BCUT2D eigenvalue weighted by molar-refractivity contribution is 5.83. The number of rotatable bonds is 9. The Morgan fingerprint density at radius 3 is 2.59 bits per heavy atom. The third-order valence-corrected chi connectivity index (χ3v) is 7.84. The minimum atomic E-state index is -0.130. The van der Waals surface area contributed by atoms with E-state index < -0.39 is 0 Å². The van der Waals surface area contributed by atoms with Crippen molar-refractivity contribution >= 4 is 10.9 Å². The van der Waals surface area contributed by atoms with Gasteiger partial charge in [0.25, 0.3) is 5.56 Å². The van der Waals surface area contributed by atoms with Crippen molar-refractivity contribution < 1.29 is 14.2 Å². The van der Waals surface area contributed by atoms with E-state index in [4.69, 9.17) is 14.2 Å². The highest BCUT2D eigenvalue weighted by Gasteiger charge is 2.30. The molecule has 1 fully saturated rings. The van der Waals surface area contributed by atoms with Gasteiger partial charge in [-0.2, -0.15) is 0 Å². The Morgan fingerprint density at radius 2 is 1.82 bits per heavy atom. The Hall–Kier alpha value is -3.92. The summed E-state index contributed by atoms with van der Waals surface area (Å²) in [5.41, 5.74) is 2.29. The zero-order chi connectivity index (χ0) is 26.8. The maximum absolute atomic E-state index is 13.4. The summed E-state index contributed by atoms with van der Waals surface area (Å²) >= 11 is 0. The Kier molecular flexibility index (Phi) is 7.19. The first-order valence-corrected chi connectivity index (χ1v) is 13.7. The Labute approximate surface area is 226 Å². The van der Waals surface area contributed by atoms with Crippen LogP contribution in [0.5, 0.6) is 17.2 Å². The molecule has 10 heteroatoms. The van der Waals surface area contributed by atoms with Crippen molar-refractivity contribution in [2.24, 2.45) is 0 Å². The molecule has 1 N–H and O–H groups in total. The van der Waals surface area contributed by atoms with Crippen molar-refractivity contribution in [1.82, 2.24) is 30.1 Å². The van der Waals surface area contributed by atoms with Crippen LogP contribution in [0.25, 0.3) is 10.9 Å². The van der Waals surface area contributed by atoms with Crippen molar-refractivity contribution in [1.29, 1.82) is 0 Å². The van der Waals surface area contributed by atoms with Gasteiger partial charge in [0.15, 0.2) is 17.3 Å². The molecule has 1 aliphatic heterocycles. The zero-order valence-electron chi connectivity index (χ0n) is 22.4. The van der Waals surface area contributed by atoms with Crippen LogP contribution in [0.15, 0.2) is 47.3 Å². The predicted molar refractivity (Wildman–Crippen MR) is 146 cm³/mol. The van der Waals surface area contributed by atoms with E-state index in [1.165, 1.54) is 12.8 Å². The number of ether oxygens (including phenoxy) is 3. The van der Waals surface area contributed by atoms with E-state index in [0.717, 1.165) is 47.3 Å². The van der Waals surface area contributed by atoms with Crippen molar-refractivity contribution in [3.63, 3.8) is 0 Å². The van der Waals surface area contributed by atoms with Gasteiger partial charge in [-0.15, -0.1) is 5.10 Å². The highest BCUT2D eigenvalue weighted by atomic mass is 16.6. The number of pyridine rings is 1. The molecule has 204 valence electrons. The number of tetrazole rings is 1. The zero-order valence-corrected chi connectivity index (χ0v) is 22.4. The summed E-state index contributed by atoms with van der Waals surface area (Å²) in [7, 11) is 1.68. The van der Waals surface area contributed by atoms with E-state index in [1.807, 2.05) is 41.1 Å². The second-order valence-corrected chi connectivity index (χ2v) is 10.3. The number of para-hydroxylation sites is 1. The van der Waals surface area contributed by atoms with E-state index in [9.17, 15) is 4.79 Å². The molecular weight excluding hydrogens is 496 g/mol. The molecule has 1 aliphatic carbocycles. The first kappa shape index (κ1) is 25.4. The Morgan fingerprint density at radius 1 is 1.08 bits per heavy atom. The molecule has 1 atom stereocenters. The fourth-order valence-corrected chi connectivity index (χ4v) is 5.89. The topological polar surface area (TPSA) is 107 Å². The largest absolute Gasteiger partial charge is 0.496 e. The lowest BCUT2D eigenvalue weighted by Gasteiger charge is -2.31. The molecule has 0 radical (unpaired) electrons. The summed E-state index contributed by atoms with van der Waals surface area (Å²) in [4.78, 5) is 18.7. The number of H-pyrrole nitrogens is 1. The molecule has 0 unspecified atom stereocenters. The lowest BCUT2D eigenvalue weighted by molar-refractivity contribution is 0.156. The van der Waals surface area contributed by atoms with Gasteiger partial charge in [0.05, 0.1) is 24.7 Å². The van der Waals surface area contributed by atoms with Crippen LogP contribution >= 0.6 is 0 Å². The highest BCUT2D eigenvalue weighted by Crippen LogP contribution is 2.36. The average molecular weight is 531 g/mol. The second-order valence-electron chi connectivity index (χ2n) is 10.3. The Bertz CT molecular complexity index is 1510. The van der Waals surface area contributed by atoms with E-state index in [1.54, 1.807) is 7.11 Å². The first-order valence-electron chi connectivity index (χ1n) is 13.7. The number of nitrogens with zero attached hydrogens (tertiary/aromatic N) is 5. The van der Waals surface area contributed by atoms with Crippen LogP contribution in [0, 0.1) is 0 Å². The molecule has 2 aromatic carbocycles. The normalized spacial score (nSPS) is 16.2. The van der Waals surface area contributed by atoms with Gasteiger partial charge in [0.2, 0.25) is 0 Å². The van der Waals surface area contributed by atoms with Gasteiger partial charge in [-0.3, -0.25) is 9.69 Å². The van der Waals surface area contributed by atoms with Crippen LogP contribution in [-0.2, 0) is 13.1 Å².